The van der Waals surface area contributed by atoms with Crippen LogP contribution >= 0.6 is 0 Å². The quantitative estimate of drug-likeness (QED) is 0.669. The molecule has 24 heavy (non-hydrogen) atoms. The molecule has 0 aromatic rings. The molecule has 5 aliphatic rings. The summed E-state index contributed by atoms with van der Waals surface area (Å²) in [5.41, 5.74) is -1.94. The van der Waals surface area contributed by atoms with Crippen LogP contribution in [0.1, 0.15) is 72.1 Å². The summed E-state index contributed by atoms with van der Waals surface area (Å²) in [7, 11) is 0. The minimum absolute atomic E-state index is 0.0797. The summed E-state index contributed by atoms with van der Waals surface area (Å²) in [6, 6.07) is 0. The first-order chi connectivity index (χ1) is 11.1. The van der Waals surface area contributed by atoms with E-state index in [4.69, 9.17) is 4.74 Å². The van der Waals surface area contributed by atoms with Crippen LogP contribution in [0.25, 0.3) is 0 Å². The van der Waals surface area contributed by atoms with Gasteiger partial charge in [0.2, 0.25) is 0 Å². The van der Waals surface area contributed by atoms with Gasteiger partial charge in [0.15, 0.2) is 0 Å². The van der Waals surface area contributed by atoms with Gasteiger partial charge < -0.3 is 14.9 Å². The number of esters is 1. The molecule has 4 heteroatoms. The van der Waals surface area contributed by atoms with Gasteiger partial charge in [-0.2, -0.15) is 0 Å². The maximum atomic E-state index is 12.8. The van der Waals surface area contributed by atoms with Gasteiger partial charge in [-0.25, -0.2) is 0 Å². The Bertz CT molecular complexity index is 629. The molecule has 2 N–H and O–H groups in total. The van der Waals surface area contributed by atoms with Gasteiger partial charge in [0.1, 0.15) is 5.60 Å². The fraction of sp³-hybridized carbons (Fsp3) is 0.950. The van der Waals surface area contributed by atoms with E-state index in [1.54, 1.807) is 0 Å². The minimum atomic E-state index is -0.651. The lowest BCUT2D eigenvalue weighted by Gasteiger charge is -2.66. The largest absolute Gasteiger partial charge is 0.458 e. The summed E-state index contributed by atoms with van der Waals surface area (Å²) in [6.07, 6.45) is 6.63. The van der Waals surface area contributed by atoms with Crippen LogP contribution in [0.15, 0.2) is 0 Å². The molecule has 0 amide bonds. The molecule has 5 fully saturated rings. The second kappa shape index (κ2) is 4.03. The van der Waals surface area contributed by atoms with Crippen molar-refractivity contribution in [2.45, 2.75) is 89.4 Å². The van der Waals surface area contributed by atoms with E-state index in [-0.39, 0.29) is 22.7 Å². The Morgan fingerprint density at radius 1 is 1.12 bits per heavy atom. The molecule has 4 saturated carbocycles. The third kappa shape index (κ3) is 1.38. The van der Waals surface area contributed by atoms with E-state index in [2.05, 4.69) is 6.92 Å². The molecule has 1 aliphatic heterocycles. The predicted molar refractivity (Wildman–Crippen MR) is 88.0 cm³/mol. The molecule has 0 aromatic carbocycles. The van der Waals surface area contributed by atoms with Crippen LogP contribution in [0.3, 0.4) is 0 Å². The highest BCUT2D eigenvalue weighted by atomic mass is 16.6. The number of ether oxygens (including phenoxy) is 1. The van der Waals surface area contributed by atoms with Crippen LogP contribution in [0, 0.1) is 28.1 Å². The topological polar surface area (TPSA) is 66.8 Å². The molecule has 5 rings (SSSR count). The molecule has 1 saturated heterocycles. The number of fused-ring (bicyclic) bond motifs is 1. The monoisotopic (exact) mass is 334 g/mol. The Hall–Kier alpha value is -0.610. The summed E-state index contributed by atoms with van der Waals surface area (Å²) in [5.74, 6) is 0.149. The van der Waals surface area contributed by atoms with E-state index >= 15 is 0 Å². The Kier molecular flexibility index (Phi) is 2.63. The van der Waals surface area contributed by atoms with Crippen LogP contribution in [0.2, 0.25) is 0 Å². The van der Waals surface area contributed by atoms with Crippen LogP contribution in [-0.4, -0.2) is 33.5 Å². The molecule has 8 atom stereocenters. The van der Waals surface area contributed by atoms with Crippen LogP contribution in [0.4, 0.5) is 0 Å². The molecule has 0 aromatic heterocycles. The van der Waals surface area contributed by atoms with Crippen LogP contribution < -0.4 is 0 Å². The normalized spacial score (nSPS) is 64.4. The standard InChI is InChI=1S/C20H30O4/c1-16-6-4-7-20(24-15(16)22)14(16)13(21)10-19-9-12(17(2,23)11-19)5-8-18(19,20)3/h12-14,21,23H,4-11H2,1-3H3. The molecular formula is C20H30O4. The average Bonchev–Trinajstić information content (AvgIpc) is 2.77. The van der Waals surface area contributed by atoms with Gasteiger partial charge in [-0.1, -0.05) is 6.92 Å². The molecule has 1 spiro atoms. The molecular weight excluding hydrogens is 304 g/mol. The Balaban J connectivity index is 1.71. The van der Waals surface area contributed by atoms with Crippen molar-refractivity contribution >= 4 is 5.97 Å². The first-order valence-corrected chi connectivity index (χ1v) is 9.74. The van der Waals surface area contributed by atoms with Gasteiger partial charge in [-0.05, 0) is 76.5 Å². The fourth-order valence-corrected chi connectivity index (χ4v) is 8.35. The number of hydrogen-bond acceptors (Lipinski definition) is 4. The smallest absolute Gasteiger partial charge is 0.312 e. The number of carbonyl (C=O) groups is 1. The van der Waals surface area contributed by atoms with E-state index in [0.717, 1.165) is 51.4 Å². The summed E-state index contributed by atoms with van der Waals surface area (Å²) >= 11 is 0. The van der Waals surface area contributed by atoms with Crippen molar-refractivity contribution in [3.05, 3.63) is 0 Å². The van der Waals surface area contributed by atoms with Gasteiger partial charge in [-0.3, -0.25) is 4.79 Å². The average molecular weight is 334 g/mol. The van der Waals surface area contributed by atoms with Crippen molar-refractivity contribution in [1.82, 2.24) is 0 Å². The van der Waals surface area contributed by atoms with Gasteiger partial charge in [0.25, 0.3) is 0 Å². The first-order valence-electron chi connectivity index (χ1n) is 9.74. The minimum Gasteiger partial charge on any atom is -0.458 e. The van der Waals surface area contributed by atoms with Crippen LogP contribution in [0.5, 0.6) is 0 Å². The number of aliphatic hydroxyl groups excluding tert-OH is 1. The zero-order chi connectivity index (χ0) is 17.2. The third-order valence-corrected chi connectivity index (χ3v) is 9.47. The summed E-state index contributed by atoms with van der Waals surface area (Å²) < 4.78 is 6.26. The molecule has 4 bridgehead atoms. The highest BCUT2D eigenvalue weighted by Gasteiger charge is 2.80. The lowest BCUT2D eigenvalue weighted by Crippen LogP contribution is -2.69. The Morgan fingerprint density at radius 2 is 1.88 bits per heavy atom. The molecule has 134 valence electrons. The van der Waals surface area contributed by atoms with Gasteiger partial charge >= 0.3 is 5.97 Å². The summed E-state index contributed by atoms with van der Waals surface area (Å²) in [6.45, 7) is 6.30. The maximum Gasteiger partial charge on any atom is 0.312 e. The van der Waals surface area contributed by atoms with E-state index < -0.39 is 22.7 Å². The first kappa shape index (κ1) is 15.6. The highest BCUT2D eigenvalue weighted by molar-refractivity contribution is 5.81. The van der Waals surface area contributed by atoms with Crippen molar-refractivity contribution in [1.29, 1.82) is 0 Å². The van der Waals surface area contributed by atoms with E-state index in [0.29, 0.717) is 5.92 Å². The summed E-state index contributed by atoms with van der Waals surface area (Å²) in [5, 5.41) is 22.2. The van der Waals surface area contributed by atoms with Crippen molar-refractivity contribution in [3.63, 3.8) is 0 Å². The molecule has 4 nitrogen and oxygen atoms in total. The van der Waals surface area contributed by atoms with Crippen molar-refractivity contribution < 1.29 is 19.7 Å². The van der Waals surface area contributed by atoms with Crippen molar-refractivity contribution in [3.8, 4) is 0 Å². The fourth-order valence-electron chi connectivity index (χ4n) is 8.35. The zero-order valence-corrected chi connectivity index (χ0v) is 15.1. The van der Waals surface area contributed by atoms with Gasteiger partial charge in [0.05, 0.1) is 17.1 Å². The maximum absolute atomic E-state index is 12.8. The predicted octanol–water partition coefficient (Wildman–Crippen LogP) is 2.80. The Labute approximate surface area is 144 Å². The van der Waals surface area contributed by atoms with Crippen molar-refractivity contribution in [2.24, 2.45) is 28.1 Å². The molecule has 0 radical (unpaired) electrons. The second-order valence-electron chi connectivity index (χ2n) is 10.4. The van der Waals surface area contributed by atoms with E-state index in [1.807, 2.05) is 13.8 Å². The molecule has 1 heterocycles. The van der Waals surface area contributed by atoms with Crippen molar-refractivity contribution in [2.75, 3.05) is 0 Å². The number of rotatable bonds is 0. The molecule has 4 aliphatic carbocycles. The number of carbonyl (C=O) groups excluding carboxylic acids is 1. The SMILES string of the molecule is CC1(O)CC23CC(O)C4C5(C)CCCC4(OC5=O)C2(C)CCC1C3. The third-order valence-electron chi connectivity index (χ3n) is 9.47. The second-order valence-corrected chi connectivity index (χ2v) is 10.4. The van der Waals surface area contributed by atoms with E-state index in [9.17, 15) is 15.0 Å². The summed E-state index contributed by atoms with van der Waals surface area (Å²) in [4.78, 5) is 12.8. The van der Waals surface area contributed by atoms with Crippen LogP contribution in [-0.2, 0) is 9.53 Å². The lowest BCUT2D eigenvalue weighted by atomic mass is 9.39. The highest BCUT2D eigenvalue weighted by Crippen LogP contribution is 2.78. The number of aliphatic hydroxyl groups is 2. The number of hydrogen-bond donors (Lipinski definition) is 2. The van der Waals surface area contributed by atoms with Gasteiger partial charge in [-0.15, -0.1) is 0 Å². The van der Waals surface area contributed by atoms with E-state index in [1.165, 1.54) is 0 Å². The lowest BCUT2D eigenvalue weighted by molar-refractivity contribution is -0.252. The van der Waals surface area contributed by atoms with Gasteiger partial charge in [0, 0.05) is 11.3 Å². The zero-order valence-electron chi connectivity index (χ0n) is 15.1. The molecule has 8 unspecified atom stereocenters. The Morgan fingerprint density at radius 3 is 2.62 bits per heavy atom.